The van der Waals surface area contributed by atoms with E-state index < -0.39 is 5.97 Å². The van der Waals surface area contributed by atoms with Gasteiger partial charge in [0.25, 0.3) is 0 Å². The molecule has 6 nitrogen and oxygen atoms in total. The number of pyridine rings is 1. The Labute approximate surface area is 122 Å². The van der Waals surface area contributed by atoms with E-state index in [1.165, 1.54) is 20.3 Å². The number of hydrogen-bond acceptors (Lipinski definition) is 6. The molecule has 0 unspecified atom stereocenters. The van der Waals surface area contributed by atoms with E-state index >= 15 is 0 Å². The summed E-state index contributed by atoms with van der Waals surface area (Å²) in [5, 5.41) is 0. The van der Waals surface area contributed by atoms with Crippen LogP contribution in [0.4, 0.5) is 0 Å². The Hall–Kier alpha value is -2.76. The molecular formula is C15H15NO5. The summed E-state index contributed by atoms with van der Waals surface area (Å²) in [7, 11) is 4.53. The fraction of sp³-hybridized carbons (Fsp3) is 0.200. The maximum atomic E-state index is 12.0. The predicted molar refractivity (Wildman–Crippen MR) is 75.3 cm³/mol. The maximum absolute atomic E-state index is 12.0. The summed E-state index contributed by atoms with van der Waals surface area (Å²) in [5.74, 6) is 1.02. The fourth-order valence-corrected chi connectivity index (χ4v) is 1.61. The molecule has 0 spiro atoms. The van der Waals surface area contributed by atoms with Crippen LogP contribution in [0.3, 0.4) is 0 Å². The summed E-state index contributed by atoms with van der Waals surface area (Å²) < 4.78 is 20.3. The van der Waals surface area contributed by atoms with Gasteiger partial charge < -0.3 is 18.9 Å². The van der Waals surface area contributed by atoms with Gasteiger partial charge in [0.15, 0.2) is 0 Å². The van der Waals surface area contributed by atoms with Crippen molar-refractivity contribution in [3.8, 4) is 23.3 Å². The molecular weight excluding hydrogens is 274 g/mol. The highest BCUT2D eigenvalue weighted by atomic mass is 16.5. The van der Waals surface area contributed by atoms with Crippen molar-refractivity contribution in [1.29, 1.82) is 0 Å². The van der Waals surface area contributed by atoms with Gasteiger partial charge in [-0.05, 0) is 24.3 Å². The van der Waals surface area contributed by atoms with Crippen LogP contribution in [0, 0.1) is 0 Å². The van der Waals surface area contributed by atoms with E-state index in [2.05, 4.69) is 4.98 Å². The van der Waals surface area contributed by atoms with Gasteiger partial charge in [-0.2, -0.15) is 4.98 Å². The van der Waals surface area contributed by atoms with E-state index in [1.807, 2.05) is 0 Å². The standard InChI is InChI=1S/C15H15NO5/c1-18-11-6-4-10(5-7-11)15(17)21-14-9-12(19-2)8-13(16-14)20-3/h4-9H,1-3H3. The molecule has 0 fully saturated rings. The van der Waals surface area contributed by atoms with Crippen LogP contribution in [0.15, 0.2) is 36.4 Å². The number of carbonyl (C=O) groups is 1. The number of nitrogens with zero attached hydrogens (tertiary/aromatic N) is 1. The molecule has 0 N–H and O–H groups in total. The predicted octanol–water partition coefficient (Wildman–Crippen LogP) is 2.33. The number of hydrogen-bond donors (Lipinski definition) is 0. The minimum Gasteiger partial charge on any atom is -0.497 e. The normalized spacial score (nSPS) is 9.86. The SMILES string of the molecule is COc1ccc(C(=O)Oc2cc(OC)cc(OC)n2)cc1. The Morgan fingerprint density at radius 3 is 2.05 bits per heavy atom. The van der Waals surface area contributed by atoms with Crippen LogP contribution in [-0.4, -0.2) is 32.3 Å². The highest BCUT2D eigenvalue weighted by Gasteiger charge is 2.12. The van der Waals surface area contributed by atoms with Crippen LogP contribution < -0.4 is 18.9 Å². The summed E-state index contributed by atoms with van der Waals surface area (Å²) in [6, 6.07) is 9.66. The van der Waals surface area contributed by atoms with Gasteiger partial charge in [-0.25, -0.2) is 4.79 Å². The summed E-state index contributed by atoms with van der Waals surface area (Å²) in [6.07, 6.45) is 0. The smallest absolute Gasteiger partial charge is 0.344 e. The van der Waals surface area contributed by atoms with Crippen LogP contribution >= 0.6 is 0 Å². The van der Waals surface area contributed by atoms with Gasteiger partial charge >= 0.3 is 5.97 Å². The van der Waals surface area contributed by atoms with Gasteiger partial charge in [-0.1, -0.05) is 0 Å². The minimum absolute atomic E-state index is 0.104. The third kappa shape index (κ3) is 3.62. The molecule has 0 bridgehead atoms. The number of benzene rings is 1. The Morgan fingerprint density at radius 1 is 0.857 bits per heavy atom. The summed E-state index contributed by atoms with van der Waals surface area (Å²) >= 11 is 0. The molecule has 0 saturated carbocycles. The lowest BCUT2D eigenvalue weighted by atomic mass is 10.2. The molecule has 0 radical (unpaired) electrons. The second-order valence-corrected chi connectivity index (χ2v) is 4.01. The van der Waals surface area contributed by atoms with E-state index in [0.29, 0.717) is 22.9 Å². The van der Waals surface area contributed by atoms with Crippen LogP contribution in [0.25, 0.3) is 0 Å². The summed E-state index contributed by atoms with van der Waals surface area (Å²) in [6.45, 7) is 0. The second-order valence-electron chi connectivity index (χ2n) is 4.01. The zero-order chi connectivity index (χ0) is 15.2. The number of rotatable bonds is 5. The zero-order valence-corrected chi connectivity index (χ0v) is 12.0. The van der Waals surface area contributed by atoms with Crippen LogP contribution in [0.2, 0.25) is 0 Å². The van der Waals surface area contributed by atoms with E-state index in [4.69, 9.17) is 18.9 Å². The number of esters is 1. The third-order valence-electron chi connectivity index (χ3n) is 2.72. The Kier molecular flexibility index (Phi) is 4.61. The van der Waals surface area contributed by atoms with Crippen molar-refractivity contribution in [3.63, 3.8) is 0 Å². The first-order chi connectivity index (χ1) is 10.2. The van der Waals surface area contributed by atoms with Crippen molar-refractivity contribution in [2.45, 2.75) is 0 Å². The van der Waals surface area contributed by atoms with E-state index in [0.717, 1.165) is 0 Å². The Balaban J connectivity index is 2.18. The molecule has 0 aliphatic rings. The molecule has 1 aromatic heterocycles. The highest BCUT2D eigenvalue weighted by molar-refractivity contribution is 5.91. The van der Waals surface area contributed by atoms with E-state index in [-0.39, 0.29) is 5.88 Å². The summed E-state index contributed by atoms with van der Waals surface area (Å²) in [5.41, 5.74) is 0.388. The number of ether oxygens (including phenoxy) is 4. The maximum Gasteiger partial charge on any atom is 0.344 e. The minimum atomic E-state index is -0.527. The first-order valence-electron chi connectivity index (χ1n) is 6.12. The van der Waals surface area contributed by atoms with E-state index in [1.54, 1.807) is 37.4 Å². The van der Waals surface area contributed by atoms with Crippen molar-refractivity contribution in [2.75, 3.05) is 21.3 Å². The zero-order valence-electron chi connectivity index (χ0n) is 12.0. The van der Waals surface area contributed by atoms with Crippen molar-refractivity contribution in [2.24, 2.45) is 0 Å². The van der Waals surface area contributed by atoms with Crippen LogP contribution in [0.1, 0.15) is 10.4 Å². The lowest BCUT2D eigenvalue weighted by molar-refractivity contribution is 0.0726. The number of aromatic nitrogens is 1. The summed E-state index contributed by atoms with van der Waals surface area (Å²) in [4.78, 5) is 16.1. The third-order valence-corrected chi connectivity index (χ3v) is 2.72. The number of carbonyl (C=O) groups excluding carboxylic acids is 1. The molecule has 0 atom stereocenters. The lowest BCUT2D eigenvalue weighted by Crippen LogP contribution is -2.09. The molecule has 1 aromatic carbocycles. The van der Waals surface area contributed by atoms with Crippen molar-refractivity contribution in [3.05, 3.63) is 42.0 Å². The lowest BCUT2D eigenvalue weighted by Gasteiger charge is -2.08. The van der Waals surface area contributed by atoms with Crippen molar-refractivity contribution < 1.29 is 23.7 Å². The van der Waals surface area contributed by atoms with Crippen molar-refractivity contribution >= 4 is 5.97 Å². The molecule has 0 amide bonds. The van der Waals surface area contributed by atoms with Gasteiger partial charge in [0.05, 0.1) is 26.9 Å². The van der Waals surface area contributed by atoms with Gasteiger partial charge in [0.2, 0.25) is 11.8 Å². The molecule has 0 aliphatic carbocycles. The largest absolute Gasteiger partial charge is 0.497 e. The second kappa shape index (κ2) is 6.60. The van der Waals surface area contributed by atoms with Gasteiger partial charge in [-0.15, -0.1) is 0 Å². The molecule has 1 heterocycles. The molecule has 0 aliphatic heterocycles. The molecule has 21 heavy (non-hydrogen) atoms. The first kappa shape index (κ1) is 14.6. The molecule has 6 heteroatoms. The van der Waals surface area contributed by atoms with Crippen molar-refractivity contribution in [1.82, 2.24) is 4.98 Å². The first-order valence-corrected chi connectivity index (χ1v) is 6.12. The molecule has 2 rings (SSSR count). The molecule has 2 aromatic rings. The Morgan fingerprint density at radius 2 is 1.48 bits per heavy atom. The Bertz CT molecular complexity index is 602. The molecule has 0 saturated heterocycles. The average Bonchev–Trinajstić information content (AvgIpc) is 2.54. The number of methoxy groups -OCH3 is 3. The topological polar surface area (TPSA) is 66.9 Å². The van der Waals surface area contributed by atoms with Gasteiger partial charge in [-0.3, -0.25) is 0 Å². The van der Waals surface area contributed by atoms with E-state index in [9.17, 15) is 4.79 Å². The van der Waals surface area contributed by atoms with Gasteiger partial charge in [0.1, 0.15) is 11.5 Å². The monoisotopic (exact) mass is 289 g/mol. The highest BCUT2D eigenvalue weighted by Crippen LogP contribution is 2.24. The van der Waals surface area contributed by atoms with Crippen LogP contribution in [-0.2, 0) is 0 Å². The fourth-order valence-electron chi connectivity index (χ4n) is 1.61. The quantitative estimate of drug-likeness (QED) is 0.787. The average molecular weight is 289 g/mol. The van der Waals surface area contributed by atoms with Crippen LogP contribution in [0.5, 0.6) is 23.3 Å². The van der Waals surface area contributed by atoms with Gasteiger partial charge in [0, 0.05) is 12.1 Å². The molecule has 110 valence electrons.